The maximum Gasteiger partial charge on any atom is 0.256 e. The van der Waals surface area contributed by atoms with Crippen LogP contribution in [0, 0.1) is 10.5 Å². The second kappa shape index (κ2) is 6.17. The summed E-state index contributed by atoms with van der Waals surface area (Å²) in [7, 11) is 0. The van der Waals surface area contributed by atoms with E-state index in [9.17, 15) is 9.59 Å². The fourth-order valence-corrected chi connectivity index (χ4v) is 2.73. The number of nitrogens with one attached hydrogen (secondary N) is 1. The molecule has 0 aliphatic heterocycles. The van der Waals surface area contributed by atoms with Gasteiger partial charge in [0.1, 0.15) is 0 Å². The molecular formula is C16H14INO2. The highest BCUT2D eigenvalue weighted by Gasteiger charge is 2.10. The lowest BCUT2D eigenvalue weighted by Gasteiger charge is -2.08. The lowest BCUT2D eigenvalue weighted by molar-refractivity contribution is 0.101. The fourth-order valence-electron chi connectivity index (χ4n) is 1.82. The van der Waals surface area contributed by atoms with Crippen molar-refractivity contribution in [1.29, 1.82) is 0 Å². The molecule has 0 heterocycles. The topological polar surface area (TPSA) is 46.2 Å². The molecule has 102 valence electrons. The monoisotopic (exact) mass is 379 g/mol. The number of hydrogen-bond acceptors (Lipinski definition) is 2. The second-order valence-corrected chi connectivity index (χ2v) is 5.74. The largest absolute Gasteiger partial charge is 0.322 e. The van der Waals surface area contributed by atoms with Crippen molar-refractivity contribution in [2.75, 3.05) is 5.32 Å². The summed E-state index contributed by atoms with van der Waals surface area (Å²) in [5.74, 6) is -0.193. The average Bonchev–Trinajstić information content (AvgIpc) is 2.38. The zero-order valence-electron chi connectivity index (χ0n) is 11.2. The molecule has 0 aliphatic carbocycles. The summed E-state index contributed by atoms with van der Waals surface area (Å²) in [5, 5.41) is 2.82. The molecule has 0 spiro atoms. The van der Waals surface area contributed by atoms with E-state index in [-0.39, 0.29) is 11.7 Å². The molecule has 1 N–H and O–H groups in total. The van der Waals surface area contributed by atoms with Gasteiger partial charge in [0.05, 0.1) is 5.56 Å². The number of carbonyl (C=O) groups excluding carboxylic acids is 2. The molecule has 2 aromatic carbocycles. The Bertz CT molecular complexity index is 680. The molecule has 20 heavy (non-hydrogen) atoms. The van der Waals surface area contributed by atoms with Crippen LogP contribution in [0.5, 0.6) is 0 Å². The van der Waals surface area contributed by atoms with E-state index in [0.717, 1.165) is 9.13 Å². The third kappa shape index (κ3) is 3.45. The van der Waals surface area contributed by atoms with E-state index in [0.29, 0.717) is 16.8 Å². The van der Waals surface area contributed by atoms with Gasteiger partial charge in [0, 0.05) is 14.8 Å². The number of halogens is 1. The SMILES string of the molecule is CC(=O)c1cccc(NC(=O)c2ccc(C)cc2I)c1. The van der Waals surface area contributed by atoms with Crippen molar-refractivity contribution < 1.29 is 9.59 Å². The number of hydrogen-bond donors (Lipinski definition) is 1. The van der Waals surface area contributed by atoms with Gasteiger partial charge < -0.3 is 5.32 Å². The number of carbonyl (C=O) groups is 2. The Morgan fingerprint density at radius 1 is 1.10 bits per heavy atom. The Hall–Kier alpha value is -1.69. The molecule has 3 nitrogen and oxygen atoms in total. The molecule has 2 aromatic rings. The summed E-state index contributed by atoms with van der Waals surface area (Å²) in [6, 6.07) is 12.6. The minimum absolute atomic E-state index is 0.0222. The van der Waals surface area contributed by atoms with Gasteiger partial charge in [0.25, 0.3) is 5.91 Å². The summed E-state index contributed by atoms with van der Waals surface area (Å²) in [5.41, 5.74) is 2.95. The number of ketones is 1. The molecule has 0 saturated heterocycles. The van der Waals surface area contributed by atoms with E-state index in [1.807, 2.05) is 19.1 Å². The summed E-state index contributed by atoms with van der Waals surface area (Å²) in [4.78, 5) is 23.6. The van der Waals surface area contributed by atoms with E-state index < -0.39 is 0 Å². The lowest BCUT2D eigenvalue weighted by Crippen LogP contribution is -2.13. The van der Waals surface area contributed by atoms with Gasteiger partial charge in [-0.05, 0) is 60.7 Å². The van der Waals surface area contributed by atoms with Crippen molar-refractivity contribution in [3.05, 3.63) is 62.7 Å². The van der Waals surface area contributed by atoms with E-state index in [4.69, 9.17) is 0 Å². The number of Topliss-reactive ketones (excluding diaryl/α,β-unsaturated/α-hetero) is 1. The molecule has 1 amide bonds. The smallest absolute Gasteiger partial charge is 0.256 e. The van der Waals surface area contributed by atoms with E-state index in [2.05, 4.69) is 27.9 Å². The molecule has 0 atom stereocenters. The van der Waals surface area contributed by atoms with Crippen molar-refractivity contribution in [2.45, 2.75) is 13.8 Å². The third-order valence-electron chi connectivity index (χ3n) is 2.90. The quantitative estimate of drug-likeness (QED) is 0.646. The van der Waals surface area contributed by atoms with Crippen LogP contribution < -0.4 is 5.32 Å². The molecule has 2 rings (SSSR count). The first-order valence-corrected chi connectivity index (χ1v) is 7.24. The van der Waals surface area contributed by atoms with E-state index in [1.54, 1.807) is 30.3 Å². The normalized spacial score (nSPS) is 10.2. The van der Waals surface area contributed by atoms with Crippen molar-refractivity contribution in [3.63, 3.8) is 0 Å². The standard InChI is InChI=1S/C16H14INO2/c1-10-6-7-14(15(17)8-10)16(20)18-13-5-3-4-12(9-13)11(2)19/h3-9H,1-2H3,(H,18,20). The fraction of sp³-hybridized carbons (Fsp3) is 0.125. The Morgan fingerprint density at radius 3 is 2.50 bits per heavy atom. The molecular weight excluding hydrogens is 365 g/mol. The minimum atomic E-state index is -0.171. The summed E-state index contributed by atoms with van der Waals surface area (Å²) >= 11 is 2.15. The van der Waals surface area contributed by atoms with Crippen LogP contribution in [-0.2, 0) is 0 Å². The van der Waals surface area contributed by atoms with Crippen molar-refractivity contribution in [3.8, 4) is 0 Å². The summed E-state index contributed by atoms with van der Waals surface area (Å²) in [6.45, 7) is 3.49. The van der Waals surface area contributed by atoms with Gasteiger partial charge in [0.2, 0.25) is 0 Å². The van der Waals surface area contributed by atoms with Crippen LogP contribution >= 0.6 is 22.6 Å². The van der Waals surface area contributed by atoms with Crippen LogP contribution in [0.1, 0.15) is 33.2 Å². The van der Waals surface area contributed by atoms with Gasteiger partial charge in [-0.25, -0.2) is 0 Å². The highest BCUT2D eigenvalue weighted by molar-refractivity contribution is 14.1. The molecule has 0 unspecified atom stereocenters. The molecule has 0 radical (unpaired) electrons. The highest BCUT2D eigenvalue weighted by atomic mass is 127. The molecule has 0 fully saturated rings. The van der Waals surface area contributed by atoms with Crippen LogP contribution in [-0.4, -0.2) is 11.7 Å². The summed E-state index contributed by atoms with van der Waals surface area (Å²) < 4.78 is 0.905. The number of amides is 1. The van der Waals surface area contributed by atoms with Crippen molar-refractivity contribution in [1.82, 2.24) is 0 Å². The van der Waals surface area contributed by atoms with Gasteiger partial charge in [-0.1, -0.05) is 23.8 Å². The number of rotatable bonds is 3. The first kappa shape index (κ1) is 14.7. The van der Waals surface area contributed by atoms with Crippen molar-refractivity contribution in [2.24, 2.45) is 0 Å². The first-order valence-electron chi connectivity index (χ1n) is 6.16. The lowest BCUT2D eigenvalue weighted by atomic mass is 10.1. The van der Waals surface area contributed by atoms with Crippen LogP contribution in [0.3, 0.4) is 0 Å². The van der Waals surface area contributed by atoms with Crippen LogP contribution in [0.2, 0.25) is 0 Å². The van der Waals surface area contributed by atoms with E-state index in [1.165, 1.54) is 6.92 Å². The Labute approximate surface area is 131 Å². The zero-order valence-corrected chi connectivity index (χ0v) is 13.4. The molecule has 0 saturated carbocycles. The Kier molecular flexibility index (Phi) is 4.54. The Balaban J connectivity index is 2.23. The van der Waals surface area contributed by atoms with Crippen LogP contribution in [0.15, 0.2) is 42.5 Å². The predicted molar refractivity (Wildman–Crippen MR) is 88.3 cm³/mol. The molecule has 0 aliphatic rings. The third-order valence-corrected chi connectivity index (χ3v) is 3.79. The second-order valence-electron chi connectivity index (χ2n) is 4.57. The predicted octanol–water partition coefficient (Wildman–Crippen LogP) is 4.05. The average molecular weight is 379 g/mol. The van der Waals surface area contributed by atoms with Gasteiger partial charge in [0.15, 0.2) is 5.78 Å². The highest BCUT2D eigenvalue weighted by Crippen LogP contribution is 2.17. The zero-order chi connectivity index (χ0) is 14.7. The number of benzene rings is 2. The maximum atomic E-state index is 12.2. The van der Waals surface area contributed by atoms with Crippen LogP contribution in [0.4, 0.5) is 5.69 Å². The number of anilines is 1. The van der Waals surface area contributed by atoms with Gasteiger partial charge in [-0.15, -0.1) is 0 Å². The number of aryl methyl sites for hydroxylation is 1. The van der Waals surface area contributed by atoms with Gasteiger partial charge in [-0.2, -0.15) is 0 Å². The minimum Gasteiger partial charge on any atom is -0.322 e. The molecule has 0 bridgehead atoms. The van der Waals surface area contributed by atoms with E-state index >= 15 is 0 Å². The Morgan fingerprint density at radius 2 is 1.85 bits per heavy atom. The van der Waals surface area contributed by atoms with Crippen molar-refractivity contribution >= 4 is 40.0 Å². The summed E-state index contributed by atoms with van der Waals surface area (Å²) in [6.07, 6.45) is 0. The van der Waals surface area contributed by atoms with Gasteiger partial charge in [-0.3, -0.25) is 9.59 Å². The van der Waals surface area contributed by atoms with Gasteiger partial charge >= 0.3 is 0 Å². The van der Waals surface area contributed by atoms with Crippen LogP contribution in [0.25, 0.3) is 0 Å². The molecule has 4 heteroatoms. The first-order chi connectivity index (χ1) is 9.47. The maximum absolute atomic E-state index is 12.2. The molecule has 0 aromatic heterocycles.